The maximum atomic E-state index is 14.0. The van der Waals surface area contributed by atoms with Crippen LogP contribution < -0.4 is 14.8 Å². The van der Waals surface area contributed by atoms with Gasteiger partial charge in [0, 0.05) is 47.7 Å². The molecular formula is C30H28F3N5O5. The minimum atomic E-state index is -4.82. The fourth-order valence-corrected chi connectivity index (χ4v) is 4.51. The first-order valence-corrected chi connectivity index (χ1v) is 13.2. The number of aliphatic imine (C=N–C) groups is 1. The van der Waals surface area contributed by atoms with Crippen molar-refractivity contribution in [2.75, 3.05) is 13.2 Å². The van der Waals surface area contributed by atoms with Gasteiger partial charge < -0.3 is 24.6 Å². The van der Waals surface area contributed by atoms with Crippen LogP contribution in [0.4, 0.5) is 18.9 Å². The number of hydrogen-bond acceptors (Lipinski definition) is 7. The van der Waals surface area contributed by atoms with E-state index >= 15 is 0 Å². The Balaban J connectivity index is 1.66. The standard InChI is InChI=1S/C30H28F3N5O5/c1-2-16-29(28(40)35-19-20-8-12-23(13-9-20)43-30(31,32)33)26(24-6-3-4-7-25(24)37-38-34)42-27(36-29)21-10-14-22(15-11-21)41-18-5-17-39/h2-4,6-15,26,39H,1,5,16-19H2,(H,35,40)/t26-,29-/m1/s1. The molecule has 4 rings (SSSR count). The number of nitrogens with zero attached hydrogens (tertiary/aromatic N) is 4. The van der Waals surface area contributed by atoms with E-state index in [1.807, 2.05) is 0 Å². The van der Waals surface area contributed by atoms with Crippen LogP contribution in [0.1, 0.15) is 35.6 Å². The lowest BCUT2D eigenvalue weighted by Gasteiger charge is -2.30. The van der Waals surface area contributed by atoms with E-state index in [1.165, 1.54) is 18.2 Å². The van der Waals surface area contributed by atoms with Gasteiger partial charge in [-0.3, -0.25) is 4.79 Å². The third-order valence-corrected chi connectivity index (χ3v) is 6.47. The number of rotatable bonds is 13. The molecule has 0 fully saturated rings. The molecule has 0 radical (unpaired) electrons. The van der Waals surface area contributed by atoms with E-state index in [-0.39, 0.29) is 36.9 Å². The number of aliphatic hydroxyl groups is 1. The van der Waals surface area contributed by atoms with Crippen LogP contribution in [0, 0.1) is 0 Å². The molecule has 2 atom stereocenters. The number of alkyl halides is 3. The summed E-state index contributed by atoms with van der Waals surface area (Å²) in [6.07, 6.45) is -3.79. The molecule has 1 heterocycles. The van der Waals surface area contributed by atoms with Crippen LogP contribution in [0.15, 0.2) is 95.6 Å². The summed E-state index contributed by atoms with van der Waals surface area (Å²) in [7, 11) is 0. The molecule has 3 aromatic rings. The van der Waals surface area contributed by atoms with Crippen molar-refractivity contribution >= 4 is 17.5 Å². The Morgan fingerprint density at radius 1 is 1.14 bits per heavy atom. The number of azide groups is 1. The van der Waals surface area contributed by atoms with Gasteiger partial charge in [-0.2, -0.15) is 0 Å². The van der Waals surface area contributed by atoms with E-state index in [2.05, 4.69) is 26.7 Å². The van der Waals surface area contributed by atoms with Crippen LogP contribution >= 0.6 is 0 Å². The molecule has 2 N–H and O–H groups in total. The van der Waals surface area contributed by atoms with Gasteiger partial charge in [-0.15, -0.1) is 19.8 Å². The summed E-state index contributed by atoms with van der Waals surface area (Å²) in [5, 5.41) is 15.6. The summed E-state index contributed by atoms with van der Waals surface area (Å²) in [4.78, 5) is 21.6. The molecular weight excluding hydrogens is 567 g/mol. The minimum Gasteiger partial charge on any atom is -0.494 e. The van der Waals surface area contributed by atoms with Crippen molar-refractivity contribution in [2.24, 2.45) is 10.1 Å². The van der Waals surface area contributed by atoms with Crippen molar-refractivity contribution in [3.8, 4) is 11.5 Å². The lowest BCUT2D eigenvalue weighted by atomic mass is 9.83. The number of carbonyl (C=O) groups excluding carboxylic acids is 1. The molecule has 13 heteroatoms. The van der Waals surface area contributed by atoms with Crippen molar-refractivity contribution in [3.63, 3.8) is 0 Å². The number of aliphatic hydroxyl groups excluding tert-OH is 1. The lowest BCUT2D eigenvalue weighted by Crippen LogP contribution is -2.47. The normalized spacial score (nSPS) is 17.7. The van der Waals surface area contributed by atoms with E-state index in [1.54, 1.807) is 48.5 Å². The number of ether oxygens (including phenoxy) is 3. The smallest absolute Gasteiger partial charge is 0.494 e. The zero-order valence-electron chi connectivity index (χ0n) is 22.8. The van der Waals surface area contributed by atoms with Crippen LogP contribution in [-0.2, 0) is 16.1 Å². The molecule has 0 aliphatic carbocycles. The van der Waals surface area contributed by atoms with Gasteiger partial charge in [-0.05, 0) is 47.5 Å². The lowest BCUT2D eigenvalue weighted by molar-refractivity contribution is -0.274. The largest absolute Gasteiger partial charge is 0.573 e. The molecule has 3 aromatic carbocycles. The molecule has 1 aliphatic heterocycles. The summed E-state index contributed by atoms with van der Waals surface area (Å²) >= 11 is 0. The second-order valence-corrected chi connectivity index (χ2v) is 9.40. The third kappa shape index (κ3) is 7.64. The van der Waals surface area contributed by atoms with Gasteiger partial charge in [-0.1, -0.05) is 47.6 Å². The van der Waals surface area contributed by atoms with E-state index in [0.29, 0.717) is 35.5 Å². The van der Waals surface area contributed by atoms with Gasteiger partial charge in [0.05, 0.1) is 6.61 Å². The molecule has 0 saturated carbocycles. The first kappa shape index (κ1) is 30.9. The summed E-state index contributed by atoms with van der Waals surface area (Å²) < 4.78 is 53.4. The Morgan fingerprint density at radius 2 is 1.84 bits per heavy atom. The monoisotopic (exact) mass is 595 g/mol. The summed E-state index contributed by atoms with van der Waals surface area (Å²) in [6, 6.07) is 18.6. The first-order valence-electron chi connectivity index (χ1n) is 13.2. The van der Waals surface area contributed by atoms with Crippen molar-refractivity contribution < 1.29 is 37.3 Å². The van der Waals surface area contributed by atoms with Crippen molar-refractivity contribution in [2.45, 2.75) is 37.4 Å². The Bertz CT molecular complexity index is 1510. The Morgan fingerprint density at radius 3 is 2.49 bits per heavy atom. The highest BCUT2D eigenvalue weighted by Gasteiger charge is 2.53. The molecule has 0 aromatic heterocycles. The molecule has 0 spiro atoms. The van der Waals surface area contributed by atoms with Crippen molar-refractivity contribution in [1.29, 1.82) is 0 Å². The molecule has 0 unspecified atom stereocenters. The van der Waals surface area contributed by atoms with Gasteiger partial charge in [0.15, 0.2) is 11.6 Å². The number of halogens is 3. The Kier molecular flexibility index (Phi) is 9.91. The average molecular weight is 596 g/mol. The molecule has 0 saturated heterocycles. The number of nitrogens with one attached hydrogen (secondary N) is 1. The van der Waals surface area contributed by atoms with Crippen LogP contribution in [0.3, 0.4) is 0 Å². The van der Waals surface area contributed by atoms with Crippen LogP contribution in [-0.4, -0.2) is 42.0 Å². The van der Waals surface area contributed by atoms with Crippen LogP contribution in [0.25, 0.3) is 10.4 Å². The summed E-state index contributed by atoms with van der Waals surface area (Å²) in [5.74, 6) is -0.192. The molecule has 1 aliphatic rings. The SMILES string of the molecule is C=CC[C@@]1(C(=O)NCc2ccc(OC(F)(F)F)cc2)N=C(c2ccc(OCCCO)cc2)O[C@@H]1c1ccccc1N=[N+]=[N-]. The van der Waals surface area contributed by atoms with Crippen molar-refractivity contribution in [3.05, 3.63) is 113 Å². The zero-order chi connectivity index (χ0) is 30.9. The minimum absolute atomic E-state index is 0.00662. The average Bonchev–Trinajstić information content (AvgIpc) is 3.37. The quantitative estimate of drug-likeness (QED) is 0.0770. The first-order chi connectivity index (χ1) is 20.7. The number of amides is 1. The van der Waals surface area contributed by atoms with Crippen LogP contribution in [0.5, 0.6) is 11.5 Å². The topological polar surface area (TPSA) is 138 Å². The molecule has 43 heavy (non-hydrogen) atoms. The number of carbonyl (C=O) groups is 1. The Labute approximate surface area is 245 Å². The third-order valence-electron chi connectivity index (χ3n) is 6.47. The van der Waals surface area contributed by atoms with Gasteiger partial charge >= 0.3 is 6.36 Å². The zero-order valence-corrected chi connectivity index (χ0v) is 22.8. The Hall–Kier alpha value is -5.00. The van der Waals surface area contributed by atoms with Gasteiger partial charge in [0.2, 0.25) is 5.90 Å². The molecule has 10 nitrogen and oxygen atoms in total. The fourth-order valence-electron chi connectivity index (χ4n) is 4.51. The van der Waals surface area contributed by atoms with Crippen molar-refractivity contribution in [1.82, 2.24) is 5.32 Å². The highest BCUT2D eigenvalue weighted by Crippen LogP contribution is 2.45. The van der Waals surface area contributed by atoms with Gasteiger partial charge in [-0.25, -0.2) is 4.99 Å². The predicted molar refractivity (Wildman–Crippen MR) is 152 cm³/mol. The second kappa shape index (κ2) is 13.8. The maximum Gasteiger partial charge on any atom is 0.573 e. The second-order valence-electron chi connectivity index (χ2n) is 9.40. The van der Waals surface area contributed by atoms with E-state index < -0.39 is 23.9 Å². The van der Waals surface area contributed by atoms with Gasteiger partial charge in [0.1, 0.15) is 11.5 Å². The highest BCUT2D eigenvalue weighted by molar-refractivity contribution is 6.01. The van der Waals surface area contributed by atoms with E-state index in [9.17, 15) is 18.0 Å². The summed E-state index contributed by atoms with van der Waals surface area (Å²) in [6.45, 7) is 4.13. The molecule has 1 amide bonds. The van der Waals surface area contributed by atoms with E-state index in [0.717, 1.165) is 12.1 Å². The van der Waals surface area contributed by atoms with Crippen LogP contribution in [0.2, 0.25) is 0 Å². The number of benzene rings is 3. The number of hydrogen-bond donors (Lipinski definition) is 2. The maximum absolute atomic E-state index is 14.0. The fraction of sp³-hybridized carbons (Fsp3) is 0.267. The predicted octanol–water partition coefficient (Wildman–Crippen LogP) is 6.44. The molecule has 224 valence electrons. The summed E-state index contributed by atoms with van der Waals surface area (Å²) in [5.41, 5.74) is 9.32. The van der Waals surface area contributed by atoms with E-state index in [4.69, 9.17) is 25.1 Å². The molecule has 0 bridgehead atoms. The van der Waals surface area contributed by atoms with Gasteiger partial charge in [0.25, 0.3) is 5.91 Å². The highest BCUT2D eigenvalue weighted by atomic mass is 19.4.